The Hall–Kier alpha value is -2.48. The molecule has 0 saturated heterocycles. The molecule has 0 fully saturated rings. The second-order valence-corrected chi connectivity index (χ2v) is 3.40. The maximum absolute atomic E-state index is 13.3. The van der Waals surface area contributed by atoms with Gasteiger partial charge in [-0.15, -0.1) is 0 Å². The molecule has 90 valence electrons. The molecule has 0 amide bonds. The molecule has 0 aliphatic heterocycles. The van der Waals surface area contributed by atoms with Crippen LogP contribution in [0.25, 0.3) is 0 Å². The normalized spacial score (nSPS) is 9.89. The molecule has 0 spiro atoms. The molecule has 0 aromatic heterocycles. The number of hydrogen-bond donors (Lipinski definition) is 0. The smallest absolute Gasteiger partial charge is 0.168 e. The lowest BCUT2D eigenvalue weighted by atomic mass is 10.2. The summed E-state index contributed by atoms with van der Waals surface area (Å²) < 4.78 is 44.3. The molecule has 0 aliphatic rings. The number of benzene rings is 2. The van der Waals surface area contributed by atoms with E-state index in [0.29, 0.717) is 6.07 Å². The van der Waals surface area contributed by atoms with Gasteiger partial charge in [0.25, 0.3) is 0 Å². The van der Waals surface area contributed by atoms with E-state index in [1.807, 2.05) is 0 Å². The minimum atomic E-state index is -0.928. The van der Waals surface area contributed by atoms with Crippen molar-refractivity contribution in [3.8, 4) is 17.6 Å². The first kappa shape index (κ1) is 12.0. The van der Waals surface area contributed by atoms with Crippen LogP contribution in [0, 0.1) is 28.8 Å². The Labute approximate surface area is 101 Å². The monoisotopic (exact) mass is 249 g/mol. The Balaban J connectivity index is 2.41. The fourth-order valence-corrected chi connectivity index (χ4v) is 1.37. The average molecular weight is 249 g/mol. The summed E-state index contributed by atoms with van der Waals surface area (Å²) in [5.74, 6) is -2.85. The van der Waals surface area contributed by atoms with Gasteiger partial charge in [-0.05, 0) is 24.3 Å². The summed E-state index contributed by atoms with van der Waals surface area (Å²) in [6.07, 6.45) is 0. The van der Waals surface area contributed by atoms with E-state index in [2.05, 4.69) is 0 Å². The highest BCUT2D eigenvalue weighted by molar-refractivity contribution is 5.46. The van der Waals surface area contributed by atoms with E-state index >= 15 is 0 Å². The summed E-state index contributed by atoms with van der Waals surface area (Å²) in [4.78, 5) is 0. The predicted molar refractivity (Wildman–Crippen MR) is 57.5 cm³/mol. The fraction of sp³-hybridized carbons (Fsp3) is 0. The molecule has 0 N–H and O–H groups in total. The van der Waals surface area contributed by atoms with Crippen molar-refractivity contribution in [2.75, 3.05) is 0 Å². The summed E-state index contributed by atoms with van der Waals surface area (Å²) >= 11 is 0. The maximum Gasteiger partial charge on any atom is 0.168 e. The van der Waals surface area contributed by atoms with Crippen molar-refractivity contribution in [2.45, 2.75) is 0 Å². The third-order valence-corrected chi connectivity index (χ3v) is 2.20. The van der Waals surface area contributed by atoms with Crippen molar-refractivity contribution < 1.29 is 17.9 Å². The Bertz CT molecular complexity index is 635. The third kappa shape index (κ3) is 2.28. The lowest BCUT2D eigenvalue weighted by Crippen LogP contribution is -1.94. The Morgan fingerprint density at radius 3 is 2.39 bits per heavy atom. The van der Waals surface area contributed by atoms with Crippen LogP contribution in [-0.2, 0) is 0 Å². The highest BCUT2D eigenvalue weighted by atomic mass is 19.1. The molecule has 0 unspecified atom stereocenters. The lowest BCUT2D eigenvalue weighted by molar-refractivity contribution is 0.433. The predicted octanol–water partition coefficient (Wildman–Crippen LogP) is 3.77. The van der Waals surface area contributed by atoms with Crippen molar-refractivity contribution in [1.29, 1.82) is 5.26 Å². The zero-order chi connectivity index (χ0) is 13.1. The molecule has 0 saturated carbocycles. The summed E-state index contributed by atoms with van der Waals surface area (Å²) in [5.41, 5.74) is -0.332. The van der Waals surface area contributed by atoms with Gasteiger partial charge in [-0.2, -0.15) is 5.26 Å². The number of halogens is 3. The molecule has 0 bridgehead atoms. The topological polar surface area (TPSA) is 33.0 Å². The molecule has 2 rings (SSSR count). The zero-order valence-electron chi connectivity index (χ0n) is 8.95. The van der Waals surface area contributed by atoms with Crippen molar-refractivity contribution in [2.24, 2.45) is 0 Å². The molecule has 0 aliphatic carbocycles. The van der Waals surface area contributed by atoms with Crippen LogP contribution in [0.4, 0.5) is 13.2 Å². The van der Waals surface area contributed by atoms with E-state index in [4.69, 9.17) is 10.00 Å². The molecule has 18 heavy (non-hydrogen) atoms. The average Bonchev–Trinajstić information content (AvgIpc) is 2.33. The zero-order valence-corrected chi connectivity index (χ0v) is 8.95. The largest absolute Gasteiger partial charge is 0.453 e. The lowest BCUT2D eigenvalue weighted by Gasteiger charge is -2.08. The van der Waals surface area contributed by atoms with Crippen LogP contribution >= 0.6 is 0 Å². The molecular formula is C13H6F3NO. The van der Waals surface area contributed by atoms with E-state index in [0.717, 1.165) is 18.2 Å². The molecule has 0 atom stereocenters. The second-order valence-electron chi connectivity index (χ2n) is 3.40. The molecule has 2 aromatic carbocycles. The quantitative estimate of drug-likeness (QED) is 0.811. The third-order valence-electron chi connectivity index (χ3n) is 2.20. The van der Waals surface area contributed by atoms with Gasteiger partial charge in [0.15, 0.2) is 11.6 Å². The van der Waals surface area contributed by atoms with Crippen molar-refractivity contribution in [3.63, 3.8) is 0 Å². The van der Waals surface area contributed by atoms with E-state index in [-0.39, 0.29) is 17.1 Å². The first-order chi connectivity index (χ1) is 8.61. The van der Waals surface area contributed by atoms with Gasteiger partial charge in [-0.1, -0.05) is 6.07 Å². The van der Waals surface area contributed by atoms with E-state index in [9.17, 15) is 13.2 Å². The fourth-order valence-electron chi connectivity index (χ4n) is 1.37. The van der Waals surface area contributed by atoms with Crippen molar-refractivity contribution >= 4 is 0 Å². The molecule has 0 heterocycles. The minimum Gasteiger partial charge on any atom is -0.453 e. The van der Waals surface area contributed by atoms with Gasteiger partial charge < -0.3 is 4.74 Å². The Morgan fingerprint density at radius 2 is 1.72 bits per heavy atom. The highest BCUT2D eigenvalue weighted by Crippen LogP contribution is 2.28. The van der Waals surface area contributed by atoms with Crippen LogP contribution in [0.3, 0.4) is 0 Å². The van der Waals surface area contributed by atoms with Crippen LogP contribution in [-0.4, -0.2) is 0 Å². The Kier molecular flexibility index (Phi) is 3.20. The van der Waals surface area contributed by atoms with E-state index in [1.54, 1.807) is 6.07 Å². The summed E-state index contributed by atoms with van der Waals surface area (Å²) in [7, 11) is 0. The number of ether oxygens (including phenoxy) is 1. The standard InChI is InChI=1S/C13H6F3NO/c14-8-4-5-13(11(16)6-8)18-12-3-1-2-10(15)9(12)7-17/h1-6H. The maximum atomic E-state index is 13.3. The van der Waals surface area contributed by atoms with Crippen LogP contribution < -0.4 is 4.74 Å². The SMILES string of the molecule is N#Cc1c(F)cccc1Oc1ccc(F)cc1F. The molecule has 2 nitrogen and oxygen atoms in total. The van der Waals surface area contributed by atoms with Crippen LogP contribution in [0.15, 0.2) is 36.4 Å². The van der Waals surface area contributed by atoms with E-state index < -0.39 is 17.5 Å². The van der Waals surface area contributed by atoms with Gasteiger partial charge in [0.1, 0.15) is 29.0 Å². The van der Waals surface area contributed by atoms with Gasteiger partial charge in [0.2, 0.25) is 0 Å². The summed E-state index contributed by atoms with van der Waals surface area (Å²) in [5, 5.41) is 8.77. The summed E-state index contributed by atoms with van der Waals surface area (Å²) in [6, 6.07) is 8.07. The first-order valence-corrected chi connectivity index (χ1v) is 4.93. The molecule has 5 heteroatoms. The molecule has 2 aromatic rings. The second kappa shape index (κ2) is 4.80. The number of rotatable bonds is 2. The van der Waals surface area contributed by atoms with Crippen molar-refractivity contribution in [1.82, 2.24) is 0 Å². The highest BCUT2D eigenvalue weighted by Gasteiger charge is 2.12. The Morgan fingerprint density at radius 1 is 0.944 bits per heavy atom. The van der Waals surface area contributed by atoms with Gasteiger partial charge in [-0.25, -0.2) is 13.2 Å². The van der Waals surface area contributed by atoms with Gasteiger partial charge in [0, 0.05) is 6.07 Å². The van der Waals surface area contributed by atoms with Crippen LogP contribution in [0.5, 0.6) is 11.5 Å². The van der Waals surface area contributed by atoms with Gasteiger partial charge >= 0.3 is 0 Å². The number of nitriles is 1. The number of hydrogen-bond acceptors (Lipinski definition) is 2. The van der Waals surface area contributed by atoms with Crippen molar-refractivity contribution in [3.05, 3.63) is 59.4 Å². The first-order valence-electron chi connectivity index (χ1n) is 4.93. The van der Waals surface area contributed by atoms with E-state index in [1.165, 1.54) is 12.1 Å². The molecule has 0 radical (unpaired) electrons. The number of nitrogens with zero attached hydrogens (tertiary/aromatic N) is 1. The van der Waals surface area contributed by atoms with Crippen LogP contribution in [0.2, 0.25) is 0 Å². The molecular weight excluding hydrogens is 243 g/mol. The van der Waals surface area contributed by atoms with Crippen LogP contribution in [0.1, 0.15) is 5.56 Å². The minimum absolute atomic E-state index is 0.122. The van der Waals surface area contributed by atoms with Gasteiger partial charge in [0.05, 0.1) is 0 Å². The van der Waals surface area contributed by atoms with Gasteiger partial charge in [-0.3, -0.25) is 0 Å². The summed E-state index contributed by atoms with van der Waals surface area (Å²) in [6.45, 7) is 0.